The van der Waals surface area contributed by atoms with Crippen LogP contribution in [0, 0.1) is 0 Å². The van der Waals surface area contributed by atoms with Crippen LogP contribution in [0.25, 0.3) is 0 Å². The van der Waals surface area contributed by atoms with Crippen LogP contribution in [-0.4, -0.2) is 53.7 Å². The fraction of sp³-hybridized carbons (Fsp3) is 0.385. The normalized spacial score (nSPS) is 20.5. The summed E-state index contributed by atoms with van der Waals surface area (Å²) in [6.07, 6.45) is -4.64. The van der Waals surface area contributed by atoms with E-state index in [2.05, 4.69) is 0 Å². The molecule has 2 amide bonds. The molecule has 0 aliphatic carbocycles. The van der Waals surface area contributed by atoms with Crippen molar-refractivity contribution < 1.29 is 31.2 Å². The molecule has 0 saturated carbocycles. The number of hydrogen-bond donors (Lipinski definition) is 0. The van der Waals surface area contributed by atoms with E-state index in [1.54, 1.807) is 0 Å². The Kier molecular flexibility index (Phi) is 4.12. The molecule has 0 aromatic heterocycles. The summed E-state index contributed by atoms with van der Waals surface area (Å²) in [5.74, 6) is -0.360. The standard InChI is InChI=1S/C13H11F3N2O4S2/c14-13(15,16)8-2-1-3-10(4-8)24(21,22)17-5-9(6-17)18-11(19)7-23-12(18)20/h1-4,9H,5-7H2. The lowest BCUT2D eigenvalue weighted by Crippen LogP contribution is -2.61. The predicted octanol–water partition coefficient (Wildman–Crippen LogP) is 1.77. The van der Waals surface area contributed by atoms with Gasteiger partial charge in [0, 0.05) is 13.1 Å². The first kappa shape index (κ1) is 17.2. The first-order valence-electron chi connectivity index (χ1n) is 6.77. The van der Waals surface area contributed by atoms with Crippen molar-refractivity contribution in [1.29, 1.82) is 0 Å². The van der Waals surface area contributed by atoms with Crippen LogP contribution in [0.5, 0.6) is 0 Å². The Hall–Kier alpha value is -1.59. The minimum Gasteiger partial charge on any atom is -0.273 e. The van der Waals surface area contributed by atoms with Gasteiger partial charge in [-0.1, -0.05) is 17.8 Å². The molecule has 11 heteroatoms. The number of rotatable bonds is 3. The summed E-state index contributed by atoms with van der Waals surface area (Å²) in [5, 5.41) is -0.430. The molecular weight excluding hydrogens is 369 g/mol. The van der Waals surface area contributed by atoms with Crippen molar-refractivity contribution in [2.75, 3.05) is 18.8 Å². The fourth-order valence-electron chi connectivity index (χ4n) is 2.48. The van der Waals surface area contributed by atoms with E-state index in [-0.39, 0.29) is 24.7 Å². The number of halogens is 3. The Morgan fingerprint density at radius 3 is 2.38 bits per heavy atom. The second kappa shape index (κ2) is 5.74. The third-order valence-corrected chi connectivity index (χ3v) is 6.44. The number of amides is 2. The molecule has 0 spiro atoms. The van der Waals surface area contributed by atoms with Crippen LogP contribution in [0.3, 0.4) is 0 Å². The van der Waals surface area contributed by atoms with Gasteiger partial charge in [-0.15, -0.1) is 0 Å². The van der Waals surface area contributed by atoms with Gasteiger partial charge in [0.05, 0.1) is 22.3 Å². The molecule has 0 bridgehead atoms. The molecule has 0 N–H and O–H groups in total. The highest BCUT2D eigenvalue weighted by Crippen LogP contribution is 2.33. The average Bonchev–Trinajstić information content (AvgIpc) is 2.77. The Balaban J connectivity index is 1.77. The minimum absolute atomic E-state index is 0.0235. The summed E-state index contributed by atoms with van der Waals surface area (Å²) in [6, 6.07) is 2.90. The minimum atomic E-state index is -4.64. The van der Waals surface area contributed by atoms with Crippen LogP contribution in [0.1, 0.15) is 5.56 Å². The number of carbonyl (C=O) groups excluding carboxylic acids is 2. The molecule has 2 heterocycles. The Labute approximate surface area is 139 Å². The van der Waals surface area contributed by atoms with Crippen molar-refractivity contribution >= 4 is 32.9 Å². The lowest BCUT2D eigenvalue weighted by atomic mass is 10.1. The Morgan fingerprint density at radius 2 is 1.83 bits per heavy atom. The summed E-state index contributed by atoms with van der Waals surface area (Å²) in [6.45, 7) is -0.229. The summed E-state index contributed by atoms with van der Waals surface area (Å²) < 4.78 is 63.9. The molecule has 130 valence electrons. The summed E-state index contributed by atoms with van der Waals surface area (Å²) >= 11 is 0.845. The fourth-order valence-corrected chi connectivity index (χ4v) is 4.81. The van der Waals surface area contributed by atoms with Crippen LogP contribution in [-0.2, 0) is 21.0 Å². The zero-order valence-electron chi connectivity index (χ0n) is 12.0. The van der Waals surface area contributed by atoms with E-state index in [0.29, 0.717) is 6.07 Å². The summed E-state index contributed by atoms with van der Waals surface area (Å²) in [5.41, 5.74) is -1.05. The highest BCUT2D eigenvalue weighted by atomic mass is 32.2. The van der Waals surface area contributed by atoms with Gasteiger partial charge < -0.3 is 0 Å². The topological polar surface area (TPSA) is 74.8 Å². The first-order chi connectivity index (χ1) is 11.1. The van der Waals surface area contributed by atoms with Crippen molar-refractivity contribution in [2.24, 2.45) is 0 Å². The number of hydrogen-bond acceptors (Lipinski definition) is 5. The van der Waals surface area contributed by atoms with Crippen LogP contribution in [0.2, 0.25) is 0 Å². The van der Waals surface area contributed by atoms with Crippen LogP contribution < -0.4 is 0 Å². The van der Waals surface area contributed by atoms with Crippen molar-refractivity contribution in [3.63, 3.8) is 0 Å². The van der Waals surface area contributed by atoms with E-state index in [4.69, 9.17) is 0 Å². The van der Waals surface area contributed by atoms with Crippen LogP contribution >= 0.6 is 11.8 Å². The molecule has 24 heavy (non-hydrogen) atoms. The van der Waals surface area contributed by atoms with Gasteiger partial charge in [0.1, 0.15) is 0 Å². The van der Waals surface area contributed by atoms with Crippen molar-refractivity contribution in [1.82, 2.24) is 9.21 Å². The molecule has 6 nitrogen and oxygen atoms in total. The summed E-state index contributed by atoms with van der Waals surface area (Å²) in [7, 11) is -4.11. The van der Waals surface area contributed by atoms with Gasteiger partial charge in [0.25, 0.3) is 5.24 Å². The molecule has 2 aliphatic rings. The van der Waals surface area contributed by atoms with Gasteiger partial charge in [-0.05, 0) is 18.2 Å². The quantitative estimate of drug-likeness (QED) is 0.799. The van der Waals surface area contributed by atoms with Gasteiger partial charge in [0.15, 0.2) is 0 Å². The van der Waals surface area contributed by atoms with Crippen LogP contribution in [0.15, 0.2) is 29.2 Å². The molecule has 0 radical (unpaired) electrons. The molecule has 1 aromatic carbocycles. The Bertz CT molecular complexity index is 788. The van der Waals surface area contributed by atoms with Gasteiger partial charge in [-0.3, -0.25) is 14.5 Å². The molecule has 2 aliphatic heterocycles. The first-order valence-corrected chi connectivity index (χ1v) is 9.19. The summed E-state index contributed by atoms with van der Waals surface area (Å²) in [4.78, 5) is 23.7. The molecule has 3 rings (SSSR count). The molecule has 2 saturated heterocycles. The Morgan fingerprint density at radius 1 is 1.17 bits per heavy atom. The van der Waals surface area contributed by atoms with E-state index in [1.165, 1.54) is 0 Å². The zero-order chi connectivity index (χ0) is 17.7. The maximum absolute atomic E-state index is 12.7. The number of sulfonamides is 1. The lowest BCUT2D eigenvalue weighted by molar-refractivity contribution is -0.137. The second-order valence-corrected chi connectivity index (χ2v) is 8.18. The third kappa shape index (κ3) is 2.91. The number of imide groups is 1. The van der Waals surface area contributed by atoms with Crippen LogP contribution in [0.4, 0.5) is 18.0 Å². The molecule has 2 fully saturated rings. The number of alkyl halides is 3. The maximum atomic E-state index is 12.7. The second-order valence-electron chi connectivity index (χ2n) is 5.32. The van der Waals surface area contributed by atoms with Crippen molar-refractivity contribution in [3.8, 4) is 0 Å². The average molecular weight is 380 g/mol. The van der Waals surface area contributed by atoms with Gasteiger partial charge in [-0.25, -0.2) is 8.42 Å². The highest BCUT2D eigenvalue weighted by Gasteiger charge is 2.46. The molecule has 1 aromatic rings. The van der Waals surface area contributed by atoms with E-state index in [1.807, 2.05) is 0 Å². The van der Waals surface area contributed by atoms with E-state index < -0.39 is 37.9 Å². The lowest BCUT2D eigenvalue weighted by Gasteiger charge is -2.41. The molecule has 0 unspecified atom stereocenters. The van der Waals surface area contributed by atoms with E-state index >= 15 is 0 Å². The largest absolute Gasteiger partial charge is 0.416 e. The van der Waals surface area contributed by atoms with Gasteiger partial charge >= 0.3 is 6.18 Å². The number of nitrogens with zero attached hydrogens (tertiary/aromatic N) is 2. The number of carbonyl (C=O) groups is 2. The van der Waals surface area contributed by atoms with E-state index in [0.717, 1.165) is 39.2 Å². The third-order valence-electron chi connectivity index (χ3n) is 3.78. The highest BCUT2D eigenvalue weighted by molar-refractivity contribution is 8.14. The smallest absolute Gasteiger partial charge is 0.273 e. The van der Waals surface area contributed by atoms with Crippen molar-refractivity contribution in [3.05, 3.63) is 29.8 Å². The van der Waals surface area contributed by atoms with Gasteiger partial charge in [-0.2, -0.15) is 17.5 Å². The van der Waals surface area contributed by atoms with Gasteiger partial charge in [0.2, 0.25) is 15.9 Å². The zero-order valence-corrected chi connectivity index (χ0v) is 13.6. The van der Waals surface area contributed by atoms with E-state index in [9.17, 15) is 31.2 Å². The van der Waals surface area contributed by atoms with Crippen molar-refractivity contribution in [2.45, 2.75) is 17.1 Å². The predicted molar refractivity (Wildman–Crippen MR) is 78.7 cm³/mol. The monoisotopic (exact) mass is 380 g/mol. The number of benzene rings is 1. The molecule has 0 atom stereocenters. The SMILES string of the molecule is O=C1CSC(=O)N1C1CN(S(=O)(=O)c2cccc(C(F)(F)F)c2)C1. The maximum Gasteiger partial charge on any atom is 0.416 e. The number of thioether (sulfide) groups is 1. The molecular formula is C13H11F3N2O4S2.